The number of benzene rings is 1. The second-order valence-electron chi connectivity index (χ2n) is 9.31. The summed E-state index contributed by atoms with van der Waals surface area (Å²) in [7, 11) is 0. The number of fused-ring (bicyclic) bond motifs is 1. The molecule has 2 N–H and O–H groups in total. The number of nitrogen functional groups attached to an aromatic ring is 1. The molecule has 3 aromatic rings. The van der Waals surface area contributed by atoms with Crippen molar-refractivity contribution in [3.8, 4) is 0 Å². The standard InChI is InChI=1S/C24H27F2N7O2/c25-17-1-2-20-19(11-17)30-21(15-34)33(20)18-3-7-32(8-4-18)22(35)24(26)5-9-31(10-6-24)14-16-12-28-23(27)29-13-16/h1-2,11-13,15,18H,3-10,14H2,(H2,27,28,29). The maximum Gasteiger partial charge on any atom is 0.260 e. The Hall–Kier alpha value is -3.47. The van der Waals surface area contributed by atoms with Gasteiger partial charge >= 0.3 is 0 Å². The van der Waals surface area contributed by atoms with Crippen LogP contribution in [0.5, 0.6) is 0 Å². The Kier molecular flexibility index (Phi) is 6.18. The van der Waals surface area contributed by atoms with Gasteiger partial charge in [-0.1, -0.05) is 0 Å². The second kappa shape index (κ2) is 9.29. The number of carbonyl (C=O) groups is 2. The lowest BCUT2D eigenvalue weighted by molar-refractivity contribution is -0.148. The number of nitrogens with zero attached hydrogens (tertiary/aromatic N) is 6. The van der Waals surface area contributed by atoms with Crippen LogP contribution in [0.4, 0.5) is 14.7 Å². The molecular weight excluding hydrogens is 456 g/mol. The van der Waals surface area contributed by atoms with Crippen LogP contribution in [0, 0.1) is 5.82 Å². The summed E-state index contributed by atoms with van der Waals surface area (Å²) >= 11 is 0. The molecule has 11 heteroatoms. The molecule has 4 heterocycles. The van der Waals surface area contributed by atoms with Crippen LogP contribution in [-0.4, -0.2) is 73.4 Å². The van der Waals surface area contributed by atoms with Crippen LogP contribution in [0.2, 0.25) is 0 Å². The number of alkyl halides is 1. The van der Waals surface area contributed by atoms with Gasteiger partial charge < -0.3 is 15.2 Å². The molecule has 5 rings (SSSR count). The number of aldehydes is 1. The van der Waals surface area contributed by atoms with E-state index in [1.165, 1.54) is 12.1 Å². The molecule has 0 aliphatic carbocycles. The predicted molar refractivity (Wildman–Crippen MR) is 125 cm³/mol. The molecule has 0 radical (unpaired) electrons. The number of anilines is 1. The highest BCUT2D eigenvalue weighted by atomic mass is 19.1. The summed E-state index contributed by atoms with van der Waals surface area (Å²) in [6.07, 6.45) is 5.37. The third-order valence-corrected chi connectivity index (χ3v) is 7.06. The zero-order valence-electron chi connectivity index (χ0n) is 19.2. The summed E-state index contributed by atoms with van der Waals surface area (Å²) in [6.45, 7) is 2.28. The quantitative estimate of drug-likeness (QED) is 0.555. The van der Waals surface area contributed by atoms with Crippen molar-refractivity contribution >= 4 is 29.2 Å². The third-order valence-electron chi connectivity index (χ3n) is 7.06. The molecular formula is C24H27F2N7O2. The number of likely N-dealkylation sites (tertiary alicyclic amines) is 2. The van der Waals surface area contributed by atoms with Crippen LogP contribution < -0.4 is 5.73 Å². The van der Waals surface area contributed by atoms with Crippen molar-refractivity contribution in [3.05, 3.63) is 47.8 Å². The van der Waals surface area contributed by atoms with Gasteiger partial charge in [-0.15, -0.1) is 0 Å². The first-order valence-corrected chi connectivity index (χ1v) is 11.8. The van der Waals surface area contributed by atoms with E-state index in [0.29, 0.717) is 62.9 Å². The zero-order chi connectivity index (χ0) is 24.6. The molecule has 35 heavy (non-hydrogen) atoms. The molecule has 2 saturated heterocycles. The Bertz CT molecular complexity index is 1230. The predicted octanol–water partition coefficient (Wildman–Crippen LogP) is 2.53. The SMILES string of the molecule is Nc1ncc(CN2CCC(F)(C(=O)N3CCC(n4c(C=O)nc5cc(F)ccc54)CC3)CC2)cn1. The van der Waals surface area contributed by atoms with Crippen molar-refractivity contribution in [2.75, 3.05) is 31.9 Å². The minimum atomic E-state index is -1.88. The van der Waals surface area contributed by atoms with Gasteiger partial charge in [0.2, 0.25) is 5.95 Å². The number of piperidine rings is 2. The third kappa shape index (κ3) is 4.60. The van der Waals surface area contributed by atoms with E-state index in [4.69, 9.17) is 5.73 Å². The highest BCUT2D eigenvalue weighted by Crippen LogP contribution is 2.33. The van der Waals surface area contributed by atoms with Gasteiger partial charge in [-0.2, -0.15) is 0 Å². The summed E-state index contributed by atoms with van der Waals surface area (Å²) in [6, 6.07) is 4.18. The fourth-order valence-electron chi connectivity index (χ4n) is 5.15. The Morgan fingerprint density at radius 2 is 1.83 bits per heavy atom. The van der Waals surface area contributed by atoms with E-state index in [2.05, 4.69) is 19.9 Å². The number of rotatable bonds is 5. The summed E-state index contributed by atoms with van der Waals surface area (Å²) in [5.74, 6) is -0.432. The maximum absolute atomic E-state index is 15.7. The first-order valence-electron chi connectivity index (χ1n) is 11.8. The van der Waals surface area contributed by atoms with E-state index in [1.807, 2.05) is 4.57 Å². The van der Waals surface area contributed by atoms with Crippen molar-refractivity contribution in [1.82, 2.24) is 29.3 Å². The Labute approximate surface area is 200 Å². The van der Waals surface area contributed by atoms with Crippen LogP contribution in [0.25, 0.3) is 11.0 Å². The monoisotopic (exact) mass is 483 g/mol. The molecule has 9 nitrogen and oxygen atoms in total. The summed E-state index contributed by atoms with van der Waals surface area (Å²) < 4.78 is 31.1. The van der Waals surface area contributed by atoms with Crippen molar-refractivity contribution in [2.45, 2.75) is 43.9 Å². The topological polar surface area (TPSA) is 110 Å². The van der Waals surface area contributed by atoms with Crippen molar-refractivity contribution in [1.29, 1.82) is 0 Å². The number of carbonyl (C=O) groups excluding carboxylic acids is 2. The van der Waals surface area contributed by atoms with Gasteiger partial charge in [0.15, 0.2) is 17.8 Å². The van der Waals surface area contributed by atoms with Gasteiger partial charge in [-0.25, -0.2) is 23.7 Å². The summed E-state index contributed by atoms with van der Waals surface area (Å²) in [5.41, 5.74) is 5.63. The zero-order valence-corrected chi connectivity index (χ0v) is 19.2. The number of amides is 1. The van der Waals surface area contributed by atoms with Crippen LogP contribution >= 0.6 is 0 Å². The van der Waals surface area contributed by atoms with Gasteiger partial charge in [0.1, 0.15) is 5.82 Å². The molecule has 1 aromatic carbocycles. The van der Waals surface area contributed by atoms with Crippen LogP contribution in [-0.2, 0) is 11.3 Å². The van der Waals surface area contributed by atoms with Crippen LogP contribution in [0.15, 0.2) is 30.6 Å². The molecule has 1 amide bonds. The lowest BCUT2D eigenvalue weighted by Gasteiger charge is -2.40. The second-order valence-corrected chi connectivity index (χ2v) is 9.31. The Morgan fingerprint density at radius 3 is 2.49 bits per heavy atom. The highest BCUT2D eigenvalue weighted by Gasteiger charge is 2.45. The number of halogens is 2. The molecule has 2 aliphatic rings. The molecule has 0 spiro atoms. The van der Waals surface area contributed by atoms with Crippen molar-refractivity contribution in [3.63, 3.8) is 0 Å². The fourth-order valence-corrected chi connectivity index (χ4v) is 5.15. The van der Waals surface area contributed by atoms with E-state index in [-0.39, 0.29) is 30.7 Å². The smallest absolute Gasteiger partial charge is 0.260 e. The number of aromatic nitrogens is 4. The lowest BCUT2D eigenvalue weighted by atomic mass is 9.90. The number of nitrogens with two attached hydrogens (primary N) is 1. The van der Waals surface area contributed by atoms with E-state index in [9.17, 15) is 14.0 Å². The van der Waals surface area contributed by atoms with Gasteiger partial charge in [0.25, 0.3) is 5.91 Å². The normalized spacial score (nSPS) is 19.2. The summed E-state index contributed by atoms with van der Waals surface area (Å²) in [5, 5.41) is 0. The molecule has 0 unspecified atom stereocenters. The largest absolute Gasteiger partial charge is 0.368 e. The first kappa shape index (κ1) is 23.3. The number of hydrogen-bond acceptors (Lipinski definition) is 7. The molecule has 2 aliphatic heterocycles. The lowest BCUT2D eigenvalue weighted by Crippen LogP contribution is -2.54. The number of imidazole rings is 1. The van der Waals surface area contributed by atoms with Gasteiger partial charge in [0.05, 0.1) is 11.0 Å². The number of hydrogen-bond donors (Lipinski definition) is 1. The maximum atomic E-state index is 15.7. The Balaban J connectivity index is 1.20. The van der Waals surface area contributed by atoms with E-state index >= 15 is 4.39 Å². The molecule has 0 bridgehead atoms. The van der Waals surface area contributed by atoms with E-state index in [0.717, 1.165) is 5.56 Å². The van der Waals surface area contributed by atoms with Crippen LogP contribution in [0.1, 0.15) is 47.9 Å². The first-order chi connectivity index (χ1) is 16.9. The van der Waals surface area contributed by atoms with Gasteiger partial charge in [-0.3, -0.25) is 14.5 Å². The summed E-state index contributed by atoms with van der Waals surface area (Å²) in [4.78, 5) is 40.6. The minimum Gasteiger partial charge on any atom is -0.368 e. The van der Waals surface area contributed by atoms with Crippen LogP contribution in [0.3, 0.4) is 0 Å². The molecule has 0 atom stereocenters. The molecule has 2 fully saturated rings. The van der Waals surface area contributed by atoms with Crippen molar-refractivity contribution < 1.29 is 18.4 Å². The average molecular weight is 484 g/mol. The van der Waals surface area contributed by atoms with E-state index in [1.54, 1.807) is 23.4 Å². The average Bonchev–Trinajstić information content (AvgIpc) is 3.24. The minimum absolute atomic E-state index is 0.0748. The molecule has 184 valence electrons. The Morgan fingerprint density at radius 1 is 1.14 bits per heavy atom. The van der Waals surface area contributed by atoms with Gasteiger partial charge in [-0.05, 0) is 25.0 Å². The fraction of sp³-hybridized carbons (Fsp3) is 0.458. The highest BCUT2D eigenvalue weighted by molar-refractivity contribution is 5.86. The van der Waals surface area contributed by atoms with E-state index < -0.39 is 17.4 Å². The van der Waals surface area contributed by atoms with Crippen molar-refractivity contribution in [2.24, 2.45) is 0 Å². The molecule has 2 aromatic heterocycles. The van der Waals surface area contributed by atoms with Gasteiger partial charge in [0, 0.05) is 75.6 Å². The molecule has 0 saturated carbocycles.